The molecule has 4 rings (SSSR count). The van der Waals surface area contributed by atoms with Crippen LogP contribution in [0, 0.1) is 11.3 Å². The zero-order valence-electron chi connectivity index (χ0n) is 45.6. The van der Waals surface area contributed by atoms with E-state index in [4.69, 9.17) is 25.9 Å². The molecule has 0 amide bonds. The van der Waals surface area contributed by atoms with Crippen LogP contribution < -0.4 is 0 Å². The molecule has 0 unspecified atom stereocenters. The van der Waals surface area contributed by atoms with Crippen LogP contribution in [0.25, 0.3) is 10.6 Å². The molecule has 0 aliphatic heterocycles. The minimum Gasteiger partial charge on any atom is -2.00 e. The second-order valence-corrected chi connectivity index (χ2v) is 19.9. The van der Waals surface area contributed by atoms with Crippen LogP contribution in [0.3, 0.4) is 0 Å². The first-order chi connectivity index (χ1) is 30.5. The van der Waals surface area contributed by atoms with Crippen molar-refractivity contribution in [1.29, 1.82) is 5.26 Å². The fourth-order valence-corrected chi connectivity index (χ4v) is 8.00. The summed E-state index contributed by atoms with van der Waals surface area (Å²) in [6.45, 7) is 45.5. The first-order valence-corrected chi connectivity index (χ1v) is 24.2. The van der Waals surface area contributed by atoms with Gasteiger partial charge < -0.3 is 24.1 Å². The van der Waals surface area contributed by atoms with E-state index in [1.165, 1.54) is 51.4 Å². The van der Waals surface area contributed by atoms with Gasteiger partial charge in [0.1, 0.15) is 0 Å². The van der Waals surface area contributed by atoms with E-state index in [9.17, 15) is 0 Å². The molecule has 5 nitrogen and oxygen atoms in total. The molecule has 0 atom stereocenters. The molecule has 0 bridgehead atoms. The van der Waals surface area contributed by atoms with E-state index in [0.717, 1.165) is 45.6 Å². The van der Waals surface area contributed by atoms with Gasteiger partial charge in [0.25, 0.3) is 0 Å². The van der Waals surface area contributed by atoms with Crippen LogP contribution in [0.1, 0.15) is 237 Å². The summed E-state index contributed by atoms with van der Waals surface area (Å²) in [5.74, 6) is 3.49. The van der Waals surface area contributed by atoms with E-state index in [2.05, 4.69) is 223 Å². The van der Waals surface area contributed by atoms with Gasteiger partial charge in [-0.2, -0.15) is 16.7 Å². The molecule has 8 heteroatoms. The number of allylic oxidation sites excluding steroid dienone is 4. The number of aliphatic imine (C=N–C) groups is 2. The molecule has 0 aliphatic rings. The number of para-hydroxylation sites is 4. The van der Waals surface area contributed by atoms with E-state index in [-0.39, 0.29) is 47.6 Å². The summed E-state index contributed by atoms with van der Waals surface area (Å²) in [4.78, 5) is 10.2. The van der Waals surface area contributed by atoms with Gasteiger partial charge in [0, 0.05) is 18.3 Å². The maximum absolute atomic E-state index is 7.32. The topological polar surface area (TPSA) is 76.7 Å². The number of hydrogen-bond acceptors (Lipinski definition) is 3. The van der Waals surface area contributed by atoms with Gasteiger partial charge in [-0.05, 0) is 83.4 Å². The first-order valence-electron chi connectivity index (χ1n) is 24.2. The van der Waals surface area contributed by atoms with Gasteiger partial charge in [0.15, 0.2) is 0 Å². The number of nitrogens with zero attached hydrogens (tertiary/aromatic N) is 5. The third-order valence-corrected chi connectivity index (χ3v) is 11.4. The maximum atomic E-state index is 7.32. The summed E-state index contributed by atoms with van der Waals surface area (Å²) in [7, 11) is 0. The minimum atomic E-state index is 0. The zero-order valence-corrected chi connectivity index (χ0v) is 48.6. The molecule has 0 heterocycles. The quantitative estimate of drug-likeness (QED) is 0.0814. The van der Waals surface area contributed by atoms with Crippen molar-refractivity contribution in [3.05, 3.63) is 151 Å². The van der Waals surface area contributed by atoms with Crippen molar-refractivity contribution in [2.24, 2.45) is 9.98 Å². The Morgan fingerprint density at radius 2 is 0.588 bits per heavy atom. The summed E-state index contributed by atoms with van der Waals surface area (Å²) in [6, 6.07) is 28.0. The van der Waals surface area contributed by atoms with E-state index < -0.39 is 0 Å². The van der Waals surface area contributed by atoms with Crippen molar-refractivity contribution in [2.75, 3.05) is 0 Å². The number of hydrogen-bond donors (Lipinski definition) is 0. The molecule has 0 fully saturated rings. The third-order valence-electron chi connectivity index (χ3n) is 11.4. The van der Waals surface area contributed by atoms with Crippen LogP contribution in [0.2, 0.25) is 0 Å². The second kappa shape index (κ2) is 32.1. The summed E-state index contributed by atoms with van der Waals surface area (Å²) < 4.78 is 0. The van der Waals surface area contributed by atoms with Crippen molar-refractivity contribution in [1.82, 2.24) is 0 Å². The van der Waals surface area contributed by atoms with Gasteiger partial charge in [0.05, 0.1) is 17.4 Å². The Bertz CT molecular complexity index is 2060. The number of rotatable bonds is 16. The Balaban J connectivity index is 0. The van der Waals surface area contributed by atoms with Crippen molar-refractivity contribution in [3.63, 3.8) is 0 Å². The minimum absolute atomic E-state index is 0. The molecule has 4 aromatic rings. The van der Waals surface area contributed by atoms with Gasteiger partial charge in [0.2, 0.25) is 0 Å². The molecule has 0 radical (unpaired) electrons. The largest absolute Gasteiger partial charge is 2.00 e. The van der Waals surface area contributed by atoms with E-state index in [1.54, 1.807) is 6.07 Å². The van der Waals surface area contributed by atoms with Crippen molar-refractivity contribution in [3.8, 4) is 6.07 Å². The van der Waals surface area contributed by atoms with Gasteiger partial charge in [-0.1, -0.05) is 232 Å². The van der Waals surface area contributed by atoms with Crippen molar-refractivity contribution >= 4 is 47.7 Å². The second-order valence-electron chi connectivity index (χ2n) is 19.9. The van der Waals surface area contributed by atoms with Crippen molar-refractivity contribution < 1.29 is 34.1 Å². The smallest absolute Gasteiger partial charge is 2.00 e. The third kappa shape index (κ3) is 19.9. The van der Waals surface area contributed by atoms with Crippen LogP contribution >= 0.6 is 0 Å². The molecule has 0 N–H and O–H groups in total. The summed E-state index contributed by atoms with van der Waals surface area (Å²) in [5.41, 5.74) is 18.9. The normalized spacial score (nSPS) is 12.1. The van der Waals surface area contributed by atoms with Crippen LogP contribution in [-0.2, 0) is 47.6 Å². The number of nitriles is 1. The average Bonchev–Trinajstić information content (AvgIpc) is 3.20. The first kappa shape index (κ1) is 66.3. The van der Waals surface area contributed by atoms with Gasteiger partial charge in [-0.25, -0.2) is 0 Å². The fraction of sp³-hybridized carbons (Fsp3) is 0.483. The Labute approximate surface area is 444 Å². The molecule has 0 spiro atoms. The van der Waals surface area contributed by atoms with E-state index >= 15 is 0 Å². The average molecular weight is 1020 g/mol. The Kier molecular flexibility index (Phi) is 31.3. The van der Waals surface area contributed by atoms with Crippen LogP contribution in [-0.4, -0.2) is 11.4 Å². The molecule has 68 heavy (non-hydrogen) atoms. The van der Waals surface area contributed by atoms with E-state index in [1.807, 2.05) is 0 Å². The molecular formula is C60H85Fe2N5S. The Morgan fingerprint density at radius 1 is 0.412 bits per heavy atom. The summed E-state index contributed by atoms with van der Waals surface area (Å²) >= 11 is 0. The van der Waals surface area contributed by atoms with Crippen LogP contribution in [0.5, 0.6) is 0 Å². The van der Waals surface area contributed by atoms with Gasteiger partial charge in [-0.3, -0.25) is 9.98 Å². The predicted molar refractivity (Wildman–Crippen MR) is 296 cm³/mol. The molecule has 372 valence electrons. The standard InChI is InChI=1S/2C29H41N2.C2H3N.2Fe.S/c2*1-18(2)24-13-11-14-25(19(3)4)28(24)30-22(9)17-23(10)31-29-26(20(5)6)15-12-16-27(29)21(7)8;1-2-3;;;/h2*11-21H,1-10H3;1H3;;;/q2*-1;;2*+2;-2/b2*22-17-,31-23?;;;;. The van der Waals surface area contributed by atoms with E-state index in [0.29, 0.717) is 47.3 Å². The maximum Gasteiger partial charge on any atom is 2.00 e. The molecule has 0 aliphatic carbocycles. The zero-order chi connectivity index (χ0) is 49.3. The molecular weight excluding hydrogens is 934 g/mol. The monoisotopic (exact) mass is 1020 g/mol. The summed E-state index contributed by atoms with van der Waals surface area (Å²) in [6.07, 6.45) is 4.23. The van der Waals surface area contributed by atoms with Gasteiger partial charge in [-0.15, -0.1) is 11.4 Å². The summed E-state index contributed by atoms with van der Waals surface area (Å²) in [5, 5.41) is 17.5. The molecule has 0 aromatic heterocycles. The Hall–Kier alpha value is -3.82. The van der Waals surface area contributed by atoms with Gasteiger partial charge >= 0.3 is 34.1 Å². The molecule has 0 saturated heterocycles. The predicted octanol–water partition coefficient (Wildman–Crippen LogP) is 20.3. The number of benzene rings is 4. The Morgan fingerprint density at radius 3 is 0.765 bits per heavy atom. The van der Waals surface area contributed by atoms with Crippen molar-refractivity contribution in [2.45, 2.75) is 193 Å². The van der Waals surface area contributed by atoms with Crippen LogP contribution in [0.4, 0.5) is 22.7 Å². The SMILES string of the molecule is CC#N.CC(/C=C(/C)[N-]c1c(C(C)C)cccc1C(C)C)=Nc1c(C(C)C)cccc1C(C)C.CC(/C=C(/C)[N-]c1c(C(C)C)cccc1C(C)C)=Nc1c(C(C)C)cccc1C(C)C.[Fe+2].[Fe+2].[S-2]. The fourth-order valence-electron chi connectivity index (χ4n) is 8.00. The van der Waals surface area contributed by atoms with Crippen LogP contribution in [0.15, 0.2) is 106 Å². The molecule has 0 saturated carbocycles. The molecule has 4 aromatic carbocycles.